The van der Waals surface area contributed by atoms with E-state index >= 15 is 0 Å². The number of nitrogens with one attached hydrogen (secondary N) is 1. The van der Waals surface area contributed by atoms with Crippen LogP contribution in [0.25, 0.3) is 0 Å². The van der Waals surface area contributed by atoms with Crippen LogP contribution in [0.15, 0.2) is 94.9 Å². The molecule has 0 atom stereocenters. The minimum atomic E-state index is -4.04. The first-order valence-electron chi connectivity index (χ1n) is 13.7. The van der Waals surface area contributed by atoms with Crippen molar-refractivity contribution >= 4 is 39.4 Å². The van der Waals surface area contributed by atoms with E-state index in [0.29, 0.717) is 41.0 Å². The first kappa shape index (κ1) is 31.6. The summed E-state index contributed by atoms with van der Waals surface area (Å²) in [6.07, 6.45) is 1.46. The number of ether oxygens (including phenoxy) is 2. The van der Waals surface area contributed by atoms with Gasteiger partial charge in [0.2, 0.25) is 0 Å². The molecule has 0 bridgehead atoms. The second kappa shape index (κ2) is 14.2. The maximum atomic E-state index is 13.7. The van der Waals surface area contributed by atoms with Crippen LogP contribution >= 0.6 is 11.6 Å². The van der Waals surface area contributed by atoms with Crippen molar-refractivity contribution in [3.05, 3.63) is 118 Å². The number of amides is 1. The predicted octanol–water partition coefficient (Wildman–Crippen LogP) is 6.59. The van der Waals surface area contributed by atoms with Gasteiger partial charge < -0.3 is 9.47 Å². The fraction of sp³-hybridized carbons (Fsp3) is 0.212. The Morgan fingerprint density at radius 3 is 2.19 bits per heavy atom. The molecule has 8 nitrogen and oxygen atoms in total. The molecule has 0 aromatic heterocycles. The van der Waals surface area contributed by atoms with Gasteiger partial charge in [-0.2, -0.15) is 5.10 Å². The largest absolute Gasteiger partial charge is 0.490 e. The van der Waals surface area contributed by atoms with Crippen molar-refractivity contribution in [1.82, 2.24) is 5.43 Å². The average Bonchev–Trinajstić information content (AvgIpc) is 2.96. The molecule has 0 fully saturated rings. The molecular formula is C33H34ClN3O5S. The number of halogens is 1. The van der Waals surface area contributed by atoms with Gasteiger partial charge >= 0.3 is 0 Å². The summed E-state index contributed by atoms with van der Waals surface area (Å²) in [5, 5.41) is 4.72. The van der Waals surface area contributed by atoms with Gasteiger partial charge in [0.1, 0.15) is 13.2 Å². The van der Waals surface area contributed by atoms with E-state index in [4.69, 9.17) is 21.1 Å². The van der Waals surface area contributed by atoms with Crippen molar-refractivity contribution in [2.45, 2.75) is 39.2 Å². The summed E-state index contributed by atoms with van der Waals surface area (Å²) < 4.78 is 40.1. The van der Waals surface area contributed by atoms with Crippen molar-refractivity contribution in [1.29, 1.82) is 0 Å². The van der Waals surface area contributed by atoms with Crippen LogP contribution in [0.1, 0.15) is 34.7 Å². The number of carbonyl (C=O) groups is 1. The summed E-state index contributed by atoms with van der Waals surface area (Å²) in [5.41, 5.74) is 7.14. The first-order chi connectivity index (χ1) is 20.5. The minimum Gasteiger partial charge on any atom is -0.490 e. The van der Waals surface area contributed by atoms with Crippen molar-refractivity contribution < 1.29 is 22.7 Å². The number of hydrazone groups is 1. The van der Waals surface area contributed by atoms with Crippen LogP contribution in [-0.2, 0) is 21.4 Å². The number of benzene rings is 4. The van der Waals surface area contributed by atoms with E-state index in [1.807, 2.05) is 45.9 Å². The van der Waals surface area contributed by atoms with Crippen LogP contribution in [0.5, 0.6) is 11.5 Å². The zero-order valence-electron chi connectivity index (χ0n) is 24.5. The van der Waals surface area contributed by atoms with E-state index < -0.39 is 22.5 Å². The van der Waals surface area contributed by atoms with Crippen LogP contribution < -0.4 is 19.2 Å². The highest BCUT2D eigenvalue weighted by Crippen LogP contribution is 2.29. The number of nitrogens with zero attached hydrogens (tertiary/aromatic N) is 2. The summed E-state index contributed by atoms with van der Waals surface area (Å²) in [4.78, 5) is 13.1. The smallest absolute Gasteiger partial charge is 0.264 e. The molecule has 4 rings (SSSR count). The number of carbonyl (C=O) groups excluding carboxylic acids is 1. The molecule has 0 unspecified atom stereocenters. The quantitative estimate of drug-likeness (QED) is 0.143. The Bertz CT molecular complexity index is 1690. The number of rotatable bonds is 12. The van der Waals surface area contributed by atoms with Gasteiger partial charge in [0, 0.05) is 5.02 Å². The van der Waals surface area contributed by atoms with Crippen LogP contribution in [0.2, 0.25) is 5.02 Å². The molecule has 0 aliphatic heterocycles. The molecule has 1 amide bonds. The van der Waals surface area contributed by atoms with Crippen molar-refractivity contribution in [3.8, 4) is 11.5 Å². The zero-order chi connectivity index (χ0) is 31.0. The van der Waals surface area contributed by atoms with Gasteiger partial charge in [-0.05, 0) is 105 Å². The Kier molecular flexibility index (Phi) is 10.4. The summed E-state index contributed by atoms with van der Waals surface area (Å²) in [5.74, 6) is 0.486. The lowest BCUT2D eigenvalue weighted by Gasteiger charge is -2.24. The molecule has 0 saturated heterocycles. The van der Waals surface area contributed by atoms with E-state index in [9.17, 15) is 13.2 Å². The highest BCUT2D eigenvalue weighted by molar-refractivity contribution is 7.92. The van der Waals surface area contributed by atoms with E-state index in [1.54, 1.807) is 54.6 Å². The average molecular weight is 620 g/mol. The van der Waals surface area contributed by atoms with Gasteiger partial charge in [-0.1, -0.05) is 47.5 Å². The fourth-order valence-electron chi connectivity index (χ4n) is 4.33. The third-order valence-corrected chi connectivity index (χ3v) is 8.41. The maximum Gasteiger partial charge on any atom is 0.264 e. The van der Waals surface area contributed by atoms with Gasteiger partial charge in [0.15, 0.2) is 11.5 Å². The Morgan fingerprint density at radius 1 is 0.860 bits per heavy atom. The lowest BCUT2D eigenvalue weighted by molar-refractivity contribution is -0.119. The molecular weight excluding hydrogens is 586 g/mol. The lowest BCUT2D eigenvalue weighted by Crippen LogP contribution is -2.39. The first-order valence-corrected chi connectivity index (χ1v) is 15.5. The van der Waals surface area contributed by atoms with Crippen LogP contribution in [0.4, 0.5) is 5.69 Å². The number of sulfonamides is 1. The standard InChI is InChI=1S/C33H34ClN3O5S/c1-5-41-32-19-27(10-15-31(32)42-22-26-8-11-28(34)12-9-26)20-35-36-33(38)21-37(29-17-24(3)16-25(4)18-29)43(39,40)30-13-6-23(2)7-14-30/h6-20H,5,21-22H2,1-4H3,(H,36,38)/b35-20-. The number of anilines is 1. The van der Waals surface area contributed by atoms with Gasteiger partial charge in [-0.3, -0.25) is 9.10 Å². The Labute approximate surface area is 258 Å². The predicted molar refractivity (Wildman–Crippen MR) is 171 cm³/mol. The van der Waals surface area contributed by atoms with Crippen molar-refractivity contribution in [3.63, 3.8) is 0 Å². The molecule has 0 heterocycles. The molecule has 0 radical (unpaired) electrons. The van der Waals surface area contributed by atoms with Crippen LogP contribution in [-0.4, -0.2) is 33.7 Å². The molecule has 1 N–H and O–H groups in total. The number of hydrogen-bond donors (Lipinski definition) is 1. The minimum absolute atomic E-state index is 0.0929. The molecule has 0 saturated carbocycles. The molecule has 10 heteroatoms. The van der Waals surface area contributed by atoms with Crippen molar-refractivity contribution in [2.24, 2.45) is 5.10 Å². The molecule has 0 aliphatic rings. The third kappa shape index (κ3) is 8.59. The zero-order valence-corrected chi connectivity index (χ0v) is 26.1. The normalized spacial score (nSPS) is 11.4. The maximum absolute atomic E-state index is 13.7. The van der Waals surface area contributed by atoms with E-state index in [2.05, 4.69) is 10.5 Å². The fourth-order valence-corrected chi connectivity index (χ4v) is 5.86. The highest BCUT2D eigenvalue weighted by atomic mass is 35.5. The lowest BCUT2D eigenvalue weighted by atomic mass is 10.1. The van der Waals surface area contributed by atoms with Gasteiger partial charge in [0.05, 0.1) is 23.4 Å². The van der Waals surface area contributed by atoms with E-state index in [-0.39, 0.29) is 4.90 Å². The molecule has 43 heavy (non-hydrogen) atoms. The number of hydrogen-bond acceptors (Lipinski definition) is 6. The summed E-state index contributed by atoms with van der Waals surface area (Å²) in [7, 11) is -4.04. The molecule has 0 spiro atoms. The molecule has 224 valence electrons. The summed E-state index contributed by atoms with van der Waals surface area (Å²) in [6.45, 7) is 7.81. The van der Waals surface area contributed by atoms with Gasteiger partial charge in [-0.15, -0.1) is 0 Å². The summed E-state index contributed by atoms with van der Waals surface area (Å²) in [6, 6.07) is 24.6. The van der Waals surface area contributed by atoms with Gasteiger partial charge in [-0.25, -0.2) is 13.8 Å². The second-order valence-electron chi connectivity index (χ2n) is 10.0. The number of aryl methyl sites for hydroxylation is 3. The van der Waals surface area contributed by atoms with E-state index in [0.717, 1.165) is 26.6 Å². The highest BCUT2D eigenvalue weighted by Gasteiger charge is 2.27. The monoisotopic (exact) mass is 619 g/mol. The van der Waals surface area contributed by atoms with Gasteiger partial charge in [0.25, 0.3) is 15.9 Å². The Balaban J connectivity index is 1.49. The van der Waals surface area contributed by atoms with Crippen LogP contribution in [0, 0.1) is 20.8 Å². The topological polar surface area (TPSA) is 97.3 Å². The Morgan fingerprint density at radius 2 is 1.53 bits per heavy atom. The molecule has 4 aromatic carbocycles. The van der Waals surface area contributed by atoms with Crippen LogP contribution in [0.3, 0.4) is 0 Å². The molecule has 0 aliphatic carbocycles. The molecule has 4 aromatic rings. The second-order valence-corrected chi connectivity index (χ2v) is 12.3. The van der Waals surface area contributed by atoms with E-state index in [1.165, 1.54) is 18.3 Å². The summed E-state index contributed by atoms with van der Waals surface area (Å²) >= 11 is 5.96. The SMILES string of the molecule is CCOc1cc(/C=N\NC(=O)CN(c2cc(C)cc(C)c2)S(=O)(=O)c2ccc(C)cc2)ccc1OCc1ccc(Cl)cc1. The third-order valence-electron chi connectivity index (χ3n) is 6.37. The van der Waals surface area contributed by atoms with Crippen molar-refractivity contribution in [2.75, 3.05) is 17.5 Å². The Hall–Kier alpha value is -4.34.